The van der Waals surface area contributed by atoms with Crippen LogP contribution in [-0.2, 0) is 0 Å². The minimum Gasteiger partial charge on any atom is -0.309 e. The van der Waals surface area contributed by atoms with Crippen LogP contribution in [0.3, 0.4) is 0 Å². The van der Waals surface area contributed by atoms with Gasteiger partial charge in [0.2, 0.25) is 0 Å². The predicted octanol–water partition coefficient (Wildman–Crippen LogP) is 3.12. The number of aromatic nitrogens is 1. The van der Waals surface area contributed by atoms with Gasteiger partial charge in [-0.1, -0.05) is 0 Å². The van der Waals surface area contributed by atoms with Crippen LogP contribution in [0, 0.1) is 24.4 Å². The van der Waals surface area contributed by atoms with E-state index in [-0.39, 0.29) is 11.1 Å². The Labute approximate surface area is 109 Å². The minimum absolute atomic E-state index is 0.200. The van der Waals surface area contributed by atoms with Crippen molar-refractivity contribution in [2.24, 2.45) is 0 Å². The molecule has 0 aliphatic heterocycles. The fourth-order valence-corrected chi connectivity index (χ4v) is 2.00. The van der Waals surface area contributed by atoms with Gasteiger partial charge in [-0.3, -0.25) is 4.98 Å². The zero-order chi connectivity index (χ0) is 14.0. The van der Waals surface area contributed by atoms with Gasteiger partial charge >= 0.3 is 0 Å². The quantitative estimate of drug-likeness (QED) is 0.923. The third-order valence-corrected chi connectivity index (χ3v) is 2.99. The molecule has 1 atom stereocenters. The highest BCUT2D eigenvalue weighted by atomic mass is 19.1. The van der Waals surface area contributed by atoms with E-state index in [1.807, 2.05) is 0 Å². The molecular formula is C14H13F3N2. The molecule has 2 aromatic rings. The maximum atomic E-state index is 13.9. The summed E-state index contributed by atoms with van der Waals surface area (Å²) in [5, 5.41) is 2.83. The summed E-state index contributed by atoms with van der Waals surface area (Å²) >= 11 is 0. The Bertz CT molecular complexity index is 599. The highest BCUT2D eigenvalue weighted by Crippen LogP contribution is 2.27. The second kappa shape index (κ2) is 5.40. The average molecular weight is 266 g/mol. The number of hydrogen-bond acceptors (Lipinski definition) is 2. The second-order valence-electron chi connectivity index (χ2n) is 4.24. The Kier molecular flexibility index (Phi) is 3.85. The summed E-state index contributed by atoms with van der Waals surface area (Å²) < 4.78 is 40.9. The Hall–Kier alpha value is -1.88. The third-order valence-electron chi connectivity index (χ3n) is 2.99. The van der Waals surface area contributed by atoms with Crippen molar-refractivity contribution in [2.75, 3.05) is 7.05 Å². The molecule has 2 rings (SSSR count). The van der Waals surface area contributed by atoms with Gasteiger partial charge in [-0.05, 0) is 31.7 Å². The zero-order valence-electron chi connectivity index (χ0n) is 10.5. The van der Waals surface area contributed by atoms with Crippen LogP contribution in [0.15, 0.2) is 30.6 Å². The van der Waals surface area contributed by atoms with Crippen LogP contribution >= 0.6 is 0 Å². The van der Waals surface area contributed by atoms with E-state index < -0.39 is 23.5 Å². The molecule has 1 unspecified atom stereocenters. The molecular weight excluding hydrogens is 253 g/mol. The number of aryl methyl sites for hydroxylation is 1. The molecule has 0 saturated carbocycles. The van der Waals surface area contributed by atoms with E-state index in [1.165, 1.54) is 25.3 Å². The summed E-state index contributed by atoms with van der Waals surface area (Å²) in [5.41, 5.74) is 0.778. The van der Waals surface area contributed by atoms with Gasteiger partial charge in [0.05, 0.1) is 12.2 Å². The topological polar surface area (TPSA) is 24.9 Å². The Morgan fingerprint density at radius 1 is 1.05 bits per heavy atom. The van der Waals surface area contributed by atoms with Gasteiger partial charge in [-0.2, -0.15) is 0 Å². The van der Waals surface area contributed by atoms with Gasteiger partial charge in [0.1, 0.15) is 17.5 Å². The molecule has 0 aliphatic carbocycles. The molecule has 100 valence electrons. The van der Waals surface area contributed by atoms with Crippen LogP contribution < -0.4 is 5.32 Å². The van der Waals surface area contributed by atoms with Crippen LogP contribution in [0.5, 0.6) is 0 Å². The number of hydrogen-bond donors (Lipinski definition) is 1. The van der Waals surface area contributed by atoms with Gasteiger partial charge < -0.3 is 5.32 Å². The number of pyridine rings is 1. The van der Waals surface area contributed by atoms with E-state index in [1.54, 1.807) is 7.05 Å². The predicted molar refractivity (Wildman–Crippen MR) is 66.2 cm³/mol. The van der Waals surface area contributed by atoms with Gasteiger partial charge in [0.15, 0.2) is 0 Å². The normalized spacial score (nSPS) is 12.5. The van der Waals surface area contributed by atoms with Gasteiger partial charge in [0.25, 0.3) is 0 Å². The molecule has 0 spiro atoms. The first kappa shape index (κ1) is 13.5. The van der Waals surface area contributed by atoms with Crippen LogP contribution in [0.2, 0.25) is 0 Å². The van der Waals surface area contributed by atoms with Crippen molar-refractivity contribution in [1.82, 2.24) is 10.3 Å². The summed E-state index contributed by atoms with van der Waals surface area (Å²) in [6, 6.07) is 2.97. The molecule has 0 radical (unpaired) electrons. The molecule has 0 amide bonds. The van der Waals surface area contributed by atoms with Gasteiger partial charge in [-0.25, -0.2) is 13.2 Å². The van der Waals surface area contributed by atoms with E-state index in [2.05, 4.69) is 10.3 Å². The highest BCUT2D eigenvalue weighted by Gasteiger charge is 2.20. The van der Waals surface area contributed by atoms with Gasteiger partial charge in [-0.15, -0.1) is 0 Å². The molecule has 0 saturated heterocycles. The van der Waals surface area contributed by atoms with Crippen molar-refractivity contribution in [2.45, 2.75) is 13.0 Å². The maximum Gasteiger partial charge on any atom is 0.146 e. The lowest BCUT2D eigenvalue weighted by atomic mass is 9.97. The number of benzene rings is 1. The first-order chi connectivity index (χ1) is 9.04. The van der Waals surface area contributed by atoms with Crippen molar-refractivity contribution < 1.29 is 13.2 Å². The fraction of sp³-hybridized carbons (Fsp3) is 0.214. The Balaban J connectivity index is 2.55. The number of nitrogens with one attached hydrogen (secondary N) is 1. The molecule has 1 heterocycles. The van der Waals surface area contributed by atoms with Crippen molar-refractivity contribution in [3.05, 3.63) is 64.7 Å². The average Bonchev–Trinajstić information content (AvgIpc) is 2.38. The second-order valence-corrected chi connectivity index (χ2v) is 4.24. The number of nitrogens with zero attached hydrogens (tertiary/aromatic N) is 1. The first-order valence-electron chi connectivity index (χ1n) is 5.76. The van der Waals surface area contributed by atoms with Crippen LogP contribution in [-0.4, -0.2) is 12.0 Å². The van der Waals surface area contributed by atoms with Crippen molar-refractivity contribution in [3.63, 3.8) is 0 Å². The highest BCUT2D eigenvalue weighted by molar-refractivity contribution is 5.35. The van der Waals surface area contributed by atoms with Crippen molar-refractivity contribution in [3.8, 4) is 0 Å². The van der Waals surface area contributed by atoms with Crippen LogP contribution in [0.25, 0.3) is 0 Å². The molecule has 0 bridgehead atoms. The Morgan fingerprint density at radius 3 is 2.42 bits per heavy atom. The molecule has 2 nitrogen and oxygen atoms in total. The zero-order valence-corrected chi connectivity index (χ0v) is 10.5. The summed E-state index contributed by atoms with van der Waals surface area (Å²) in [6.07, 6.45) is 2.49. The number of rotatable bonds is 3. The lowest BCUT2D eigenvalue weighted by Gasteiger charge is -2.19. The van der Waals surface area contributed by atoms with E-state index in [9.17, 15) is 13.2 Å². The largest absolute Gasteiger partial charge is 0.309 e. The lowest BCUT2D eigenvalue weighted by molar-refractivity contribution is 0.530. The van der Waals surface area contributed by atoms with Gasteiger partial charge in [0, 0.05) is 23.4 Å². The van der Waals surface area contributed by atoms with Crippen LogP contribution in [0.4, 0.5) is 13.2 Å². The minimum atomic E-state index is -0.710. The SMILES string of the molecule is CNC(c1ccncc1F)c1cc(C)c(F)cc1F. The lowest BCUT2D eigenvalue weighted by Crippen LogP contribution is -2.20. The van der Waals surface area contributed by atoms with E-state index in [0.717, 1.165) is 12.3 Å². The smallest absolute Gasteiger partial charge is 0.146 e. The standard InChI is InChI=1S/C14H13F3N2/c1-8-5-10(12(16)6-11(8)15)14(18-2)9-3-4-19-7-13(9)17/h3-7,14,18H,1-2H3. The summed E-state index contributed by atoms with van der Waals surface area (Å²) in [4.78, 5) is 3.65. The number of halogens is 3. The van der Waals surface area contributed by atoms with Crippen LogP contribution in [0.1, 0.15) is 22.7 Å². The molecule has 19 heavy (non-hydrogen) atoms. The third kappa shape index (κ3) is 2.61. The molecule has 0 fully saturated rings. The Morgan fingerprint density at radius 2 is 1.79 bits per heavy atom. The van der Waals surface area contributed by atoms with Crippen molar-refractivity contribution in [1.29, 1.82) is 0 Å². The monoisotopic (exact) mass is 266 g/mol. The van der Waals surface area contributed by atoms with E-state index in [0.29, 0.717) is 5.56 Å². The molecule has 0 aliphatic rings. The molecule has 1 aromatic carbocycles. The van der Waals surface area contributed by atoms with E-state index in [4.69, 9.17) is 0 Å². The summed E-state index contributed by atoms with van der Waals surface area (Å²) in [7, 11) is 1.59. The van der Waals surface area contributed by atoms with Crippen molar-refractivity contribution >= 4 is 0 Å². The molecule has 5 heteroatoms. The first-order valence-corrected chi connectivity index (χ1v) is 5.76. The van der Waals surface area contributed by atoms with E-state index >= 15 is 0 Å². The molecule has 1 N–H and O–H groups in total. The maximum absolute atomic E-state index is 13.9. The summed E-state index contributed by atoms with van der Waals surface area (Å²) in [5.74, 6) is -1.87. The fourth-order valence-electron chi connectivity index (χ4n) is 2.00. The molecule has 1 aromatic heterocycles. The summed E-state index contributed by atoms with van der Waals surface area (Å²) in [6.45, 7) is 1.54.